The van der Waals surface area contributed by atoms with Gasteiger partial charge in [-0.1, -0.05) is 0 Å². The van der Waals surface area contributed by atoms with E-state index < -0.39 is 17.6 Å². The lowest BCUT2D eigenvalue weighted by atomic mass is 10.2. The lowest BCUT2D eigenvalue weighted by molar-refractivity contribution is 0.0593. The first-order valence-corrected chi connectivity index (χ1v) is 5.48. The van der Waals surface area contributed by atoms with Crippen molar-refractivity contribution < 1.29 is 23.0 Å². The minimum Gasteiger partial charge on any atom is -0.464 e. The van der Waals surface area contributed by atoms with Crippen LogP contribution in [-0.2, 0) is 4.74 Å². The Morgan fingerprint density at radius 3 is 2.70 bits per heavy atom. The van der Waals surface area contributed by atoms with Crippen LogP contribution in [0.3, 0.4) is 0 Å². The first-order valence-electron chi connectivity index (χ1n) is 5.48. The molecule has 0 unspecified atom stereocenters. The summed E-state index contributed by atoms with van der Waals surface area (Å²) in [6.45, 7) is 0. The van der Waals surface area contributed by atoms with Crippen LogP contribution in [0.4, 0.5) is 14.5 Å². The Balaban J connectivity index is 2.31. The molecule has 5 nitrogen and oxygen atoms in total. The Morgan fingerprint density at radius 2 is 2.00 bits per heavy atom. The van der Waals surface area contributed by atoms with Crippen molar-refractivity contribution in [2.75, 3.05) is 12.8 Å². The Kier molecular flexibility index (Phi) is 3.79. The highest BCUT2D eigenvalue weighted by Crippen LogP contribution is 2.28. The first-order chi connectivity index (χ1) is 9.51. The second kappa shape index (κ2) is 5.52. The number of halogens is 2. The van der Waals surface area contributed by atoms with E-state index in [9.17, 15) is 13.6 Å². The molecule has 0 atom stereocenters. The predicted octanol–water partition coefficient (Wildman–Crippen LogP) is 2.52. The van der Waals surface area contributed by atoms with Gasteiger partial charge in [0.25, 0.3) is 0 Å². The van der Waals surface area contributed by atoms with Gasteiger partial charge in [0.1, 0.15) is 11.6 Å². The molecule has 0 aliphatic carbocycles. The number of nitrogen functional groups attached to an aromatic ring is 1. The maximum atomic E-state index is 13.6. The van der Waals surface area contributed by atoms with Crippen LogP contribution in [0, 0.1) is 11.6 Å². The number of carbonyl (C=O) groups is 1. The summed E-state index contributed by atoms with van der Waals surface area (Å²) in [4.78, 5) is 15.1. The van der Waals surface area contributed by atoms with E-state index in [0.29, 0.717) is 0 Å². The van der Waals surface area contributed by atoms with Gasteiger partial charge in [-0.15, -0.1) is 0 Å². The number of rotatable bonds is 3. The topological polar surface area (TPSA) is 74.4 Å². The highest BCUT2D eigenvalue weighted by atomic mass is 19.1. The Bertz CT molecular complexity index is 662. The van der Waals surface area contributed by atoms with Gasteiger partial charge in [-0.25, -0.2) is 18.6 Å². The third kappa shape index (κ3) is 2.82. The third-order valence-corrected chi connectivity index (χ3v) is 2.40. The van der Waals surface area contributed by atoms with Crippen LogP contribution in [-0.4, -0.2) is 18.1 Å². The smallest absolute Gasteiger partial charge is 0.356 e. The lowest BCUT2D eigenvalue weighted by Gasteiger charge is -2.08. The van der Waals surface area contributed by atoms with Crippen LogP contribution < -0.4 is 10.5 Å². The van der Waals surface area contributed by atoms with Crippen molar-refractivity contribution in [3.63, 3.8) is 0 Å². The average molecular weight is 280 g/mol. The molecule has 7 heteroatoms. The lowest BCUT2D eigenvalue weighted by Crippen LogP contribution is -2.04. The van der Waals surface area contributed by atoms with Crippen molar-refractivity contribution in [3.8, 4) is 11.5 Å². The fourth-order valence-corrected chi connectivity index (χ4v) is 1.44. The van der Waals surface area contributed by atoms with Gasteiger partial charge in [0.05, 0.1) is 12.8 Å². The van der Waals surface area contributed by atoms with E-state index in [-0.39, 0.29) is 22.9 Å². The summed E-state index contributed by atoms with van der Waals surface area (Å²) in [5, 5.41) is 0. The number of anilines is 1. The van der Waals surface area contributed by atoms with E-state index in [1.807, 2.05) is 0 Å². The van der Waals surface area contributed by atoms with Crippen molar-refractivity contribution in [2.24, 2.45) is 0 Å². The van der Waals surface area contributed by atoms with Crippen LogP contribution in [0.2, 0.25) is 0 Å². The molecule has 0 bridgehead atoms. The number of ether oxygens (including phenoxy) is 2. The maximum Gasteiger partial charge on any atom is 0.356 e. The second-order valence-corrected chi connectivity index (χ2v) is 3.77. The number of hydrogen-bond acceptors (Lipinski definition) is 5. The van der Waals surface area contributed by atoms with Gasteiger partial charge in [-0.05, 0) is 6.07 Å². The Morgan fingerprint density at radius 1 is 1.25 bits per heavy atom. The van der Waals surface area contributed by atoms with Crippen molar-refractivity contribution in [3.05, 3.63) is 47.8 Å². The number of pyridine rings is 1. The fourth-order valence-electron chi connectivity index (χ4n) is 1.44. The number of aromatic nitrogens is 1. The second-order valence-electron chi connectivity index (χ2n) is 3.77. The summed E-state index contributed by atoms with van der Waals surface area (Å²) >= 11 is 0. The molecule has 0 aliphatic rings. The van der Waals surface area contributed by atoms with Crippen LogP contribution >= 0.6 is 0 Å². The summed E-state index contributed by atoms with van der Waals surface area (Å²) < 4.78 is 36.5. The Hall–Kier alpha value is -2.70. The first kappa shape index (κ1) is 13.7. The predicted molar refractivity (Wildman–Crippen MR) is 66.4 cm³/mol. The van der Waals surface area contributed by atoms with Crippen molar-refractivity contribution in [1.82, 2.24) is 4.98 Å². The molecule has 0 amide bonds. The van der Waals surface area contributed by atoms with Gasteiger partial charge in [-0.3, -0.25) is 0 Å². The summed E-state index contributed by atoms with van der Waals surface area (Å²) in [6, 6.07) is 4.27. The normalized spacial score (nSPS) is 10.2. The summed E-state index contributed by atoms with van der Waals surface area (Å²) in [7, 11) is 1.20. The molecule has 0 radical (unpaired) electrons. The molecule has 0 saturated heterocycles. The maximum absolute atomic E-state index is 13.6. The number of carbonyl (C=O) groups excluding carboxylic acids is 1. The molecule has 1 aromatic carbocycles. The van der Waals surface area contributed by atoms with E-state index in [2.05, 4.69) is 9.72 Å². The van der Waals surface area contributed by atoms with Crippen molar-refractivity contribution in [2.45, 2.75) is 0 Å². The molecule has 1 heterocycles. The summed E-state index contributed by atoms with van der Waals surface area (Å²) in [5.41, 5.74) is 4.89. The molecular weight excluding hydrogens is 270 g/mol. The van der Waals surface area contributed by atoms with E-state index >= 15 is 0 Å². The molecule has 104 valence electrons. The number of nitrogens with zero attached hydrogens (tertiary/aromatic N) is 1. The van der Waals surface area contributed by atoms with Crippen LogP contribution in [0.5, 0.6) is 11.5 Å². The molecule has 2 rings (SSSR count). The minimum absolute atomic E-state index is 0.0127. The minimum atomic E-state index is -0.819. The molecule has 1 aromatic heterocycles. The number of nitrogens with two attached hydrogens (primary N) is 1. The monoisotopic (exact) mass is 280 g/mol. The quantitative estimate of drug-likeness (QED) is 0.690. The van der Waals surface area contributed by atoms with E-state index in [0.717, 1.165) is 12.1 Å². The SMILES string of the molecule is COC(=O)c1cc(Oc2cc(F)c(N)cc2F)ccn1. The van der Waals surface area contributed by atoms with Gasteiger partial charge in [-0.2, -0.15) is 0 Å². The van der Waals surface area contributed by atoms with E-state index in [4.69, 9.17) is 10.5 Å². The van der Waals surface area contributed by atoms with Crippen molar-refractivity contribution >= 4 is 11.7 Å². The highest BCUT2D eigenvalue weighted by Gasteiger charge is 2.12. The zero-order valence-electron chi connectivity index (χ0n) is 10.4. The number of hydrogen-bond donors (Lipinski definition) is 1. The molecule has 0 saturated carbocycles. The third-order valence-electron chi connectivity index (χ3n) is 2.40. The molecule has 0 spiro atoms. The molecule has 20 heavy (non-hydrogen) atoms. The average Bonchev–Trinajstić information content (AvgIpc) is 2.44. The van der Waals surface area contributed by atoms with E-state index in [1.165, 1.54) is 25.4 Å². The molecule has 2 N–H and O–H groups in total. The largest absolute Gasteiger partial charge is 0.464 e. The van der Waals surface area contributed by atoms with Crippen LogP contribution in [0.15, 0.2) is 30.5 Å². The van der Waals surface area contributed by atoms with Crippen LogP contribution in [0.25, 0.3) is 0 Å². The van der Waals surface area contributed by atoms with Gasteiger partial charge in [0, 0.05) is 24.4 Å². The molecule has 0 fully saturated rings. The zero-order chi connectivity index (χ0) is 14.7. The summed E-state index contributed by atoms with van der Waals surface area (Å²) in [5.74, 6) is -2.52. The zero-order valence-corrected chi connectivity index (χ0v) is 10.4. The standard InChI is InChI=1S/C13H10F2N2O3/c1-19-13(18)11-4-7(2-3-17-11)20-12-6-8(14)10(16)5-9(12)15/h2-6H,16H2,1H3. The van der Waals surface area contributed by atoms with Crippen molar-refractivity contribution in [1.29, 1.82) is 0 Å². The van der Waals surface area contributed by atoms with Gasteiger partial charge < -0.3 is 15.2 Å². The Labute approximate surface area is 112 Å². The molecular formula is C13H10F2N2O3. The van der Waals surface area contributed by atoms with Gasteiger partial charge >= 0.3 is 5.97 Å². The number of methoxy groups -OCH3 is 1. The van der Waals surface area contributed by atoms with Crippen LogP contribution in [0.1, 0.15) is 10.5 Å². The molecule has 2 aromatic rings. The number of esters is 1. The van der Waals surface area contributed by atoms with Gasteiger partial charge in [0.2, 0.25) is 0 Å². The summed E-state index contributed by atoms with van der Waals surface area (Å²) in [6.07, 6.45) is 1.28. The highest BCUT2D eigenvalue weighted by molar-refractivity contribution is 5.87. The fraction of sp³-hybridized carbons (Fsp3) is 0.0769. The number of benzene rings is 1. The van der Waals surface area contributed by atoms with E-state index in [1.54, 1.807) is 0 Å². The molecule has 0 aliphatic heterocycles. The van der Waals surface area contributed by atoms with Gasteiger partial charge in [0.15, 0.2) is 17.3 Å².